The number of rotatable bonds is 3. The van der Waals surface area contributed by atoms with Gasteiger partial charge in [-0.2, -0.15) is 0 Å². The molecule has 0 saturated heterocycles. The minimum Gasteiger partial charge on any atom is -0.358 e. The highest BCUT2D eigenvalue weighted by Crippen LogP contribution is 2.29. The number of para-hydroxylation sites is 1. The van der Waals surface area contributed by atoms with E-state index in [0.717, 1.165) is 6.42 Å². The Kier molecular flexibility index (Phi) is 3.25. The summed E-state index contributed by atoms with van der Waals surface area (Å²) < 4.78 is 0. The van der Waals surface area contributed by atoms with E-state index in [2.05, 4.69) is 50.9 Å². The van der Waals surface area contributed by atoms with Crippen molar-refractivity contribution in [3.63, 3.8) is 0 Å². The summed E-state index contributed by atoms with van der Waals surface area (Å²) in [5, 5.41) is 1.34. The molecule has 1 aromatic heterocycles. The van der Waals surface area contributed by atoms with Gasteiger partial charge >= 0.3 is 0 Å². The highest BCUT2D eigenvalue weighted by atomic mass is 14.7. The lowest BCUT2D eigenvalue weighted by atomic mass is 9.98. The molecule has 2 aromatic rings. The van der Waals surface area contributed by atoms with Gasteiger partial charge in [-0.05, 0) is 37.3 Å². The van der Waals surface area contributed by atoms with Crippen molar-refractivity contribution in [2.24, 2.45) is 5.73 Å². The van der Waals surface area contributed by atoms with Crippen LogP contribution in [-0.4, -0.2) is 11.0 Å². The first kappa shape index (κ1) is 12.2. The first-order valence-electron chi connectivity index (χ1n) is 6.36. The maximum absolute atomic E-state index is 5.93. The van der Waals surface area contributed by atoms with Gasteiger partial charge in [0.15, 0.2) is 0 Å². The number of aryl methyl sites for hydroxylation is 1. The van der Waals surface area contributed by atoms with Crippen LogP contribution in [0.15, 0.2) is 18.2 Å². The Hall–Kier alpha value is -1.28. The molecule has 1 unspecified atom stereocenters. The van der Waals surface area contributed by atoms with Crippen molar-refractivity contribution >= 4 is 10.9 Å². The Balaban J connectivity index is 2.63. The summed E-state index contributed by atoms with van der Waals surface area (Å²) in [5.74, 6) is 0.542. The number of aromatic nitrogens is 1. The van der Waals surface area contributed by atoms with E-state index in [4.69, 9.17) is 5.73 Å². The molecule has 0 amide bonds. The van der Waals surface area contributed by atoms with Gasteiger partial charge in [0, 0.05) is 22.6 Å². The van der Waals surface area contributed by atoms with Crippen molar-refractivity contribution in [2.45, 2.75) is 46.1 Å². The molecule has 2 heteroatoms. The number of nitrogens with two attached hydrogens (primary N) is 1. The number of hydrogen-bond donors (Lipinski definition) is 2. The molecule has 92 valence electrons. The Morgan fingerprint density at radius 3 is 2.53 bits per heavy atom. The van der Waals surface area contributed by atoms with E-state index in [1.54, 1.807) is 0 Å². The van der Waals surface area contributed by atoms with Crippen LogP contribution in [0.3, 0.4) is 0 Å². The molecule has 1 heterocycles. The van der Waals surface area contributed by atoms with Gasteiger partial charge < -0.3 is 10.7 Å². The molecule has 0 bridgehead atoms. The number of benzene rings is 1. The summed E-state index contributed by atoms with van der Waals surface area (Å²) in [6.45, 7) is 8.67. The first-order chi connectivity index (χ1) is 8.00. The zero-order valence-corrected chi connectivity index (χ0v) is 11.2. The van der Waals surface area contributed by atoms with Gasteiger partial charge in [0.05, 0.1) is 0 Å². The molecular weight excluding hydrogens is 208 g/mol. The van der Waals surface area contributed by atoms with Crippen LogP contribution in [0.1, 0.15) is 43.5 Å². The fourth-order valence-electron chi connectivity index (χ4n) is 2.49. The second-order valence-corrected chi connectivity index (χ2v) is 5.33. The average molecular weight is 230 g/mol. The Morgan fingerprint density at radius 1 is 1.24 bits per heavy atom. The van der Waals surface area contributed by atoms with Crippen molar-refractivity contribution in [3.8, 4) is 0 Å². The topological polar surface area (TPSA) is 41.8 Å². The van der Waals surface area contributed by atoms with Crippen molar-refractivity contribution in [3.05, 3.63) is 35.0 Å². The molecule has 1 aromatic carbocycles. The van der Waals surface area contributed by atoms with Gasteiger partial charge in [-0.1, -0.05) is 32.0 Å². The largest absolute Gasteiger partial charge is 0.358 e. The van der Waals surface area contributed by atoms with Gasteiger partial charge in [-0.3, -0.25) is 0 Å². The van der Waals surface area contributed by atoms with E-state index in [1.807, 2.05) is 0 Å². The van der Waals surface area contributed by atoms with Crippen LogP contribution in [0, 0.1) is 6.92 Å². The molecular formula is C15H22N2. The van der Waals surface area contributed by atoms with Gasteiger partial charge in [-0.15, -0.1) is 0 Å². The molecule has 0 aliphatic rings. The van der Waals surface area contributed by atoms with Gasteiger partial charge in [0.2, 0.25) is 0 Å². The van der Waals surface area contributed by atoms with Crippen LogP contribution >= 0.6 is 0 Å². The van der Waals surface area contributed by atoms with Crippen LogP contribution in [0.5, 0.6) is 0 Å². The van der Waals surface area contributed by atoms with Gasteiger partial charge in [-0.25, -0.2) is 0 Å². The second kappa shape index (κ2) is 4.53. The fraction of sp³-hybridized carbons (Fsp3) is 0.467. The average Bonchev–Trinajstić information content (AvgIpc) is 2.54. The SMILES string of the molecule is Cc1[nH]c2c(C(C)C)cccc2c1CC(C)N. The third kappa shape index (κ3) is 2.22. The minimum atomic E-state index is 0.204. The van der Waals surface area contributed by atoms with Crippen molar-refractivity contribution < 1.29 is 0 Å². The third-order valence-corrected chi connectivity index (χ3v) is 3.34. The van der Waals surface area contributed by atoms with Crippen LogP contribution in [0.4, 0.5) is 0 Å². The normalized spacial score (nSPS) is 13.5. The van der Waals surface area contributed by atoms with Crippen LogP contribution in [0.2, 0.25) is 0 Å². The van der Waals surface area contributed by atoms with Crippen molar-refractivity contribution in [2.75, 3.05) is 0 Å². The summed E-state index contributed by atoms with van der Waals surface area (Å²) in [6, 6.07) is 6.76. The Labute approximate surface area is 103 Å². The summed E-state index contributed by atoms with van der Waals surface area (Å²) in [4.78, 5) is 3.53. The van der Waals surface area contributed by atoms with E-state index in [0.29, 0.717) is 5.92 Å². The Morgan fingerprint density at radius 2 is 1.94 bits per heavy atom. The van der Waals surface area contributed by atoms with Crippen LogP contribution < -0.4 is 5.73 Å². The van der Waals surface area contributed by atoms with Crippen LogP contribution in [0.25, 0.3) is 10.9 Å². The molecule has 0 radical (unpaired) electrons. The van der Waals surface area contributed by atoms with Gasteiger partial charge in [0.1, 0.15) is 0 Å². The number of nitrogens with one attached hydrogen (secondary N) is 1. The predicted molar refractivity (Wildman–Crippen MR) is 74.5 cm³/mol. The van der Waals surface area contributed by atoms with Gasteiger partial charge in [0.25, 0.3) is 0 Å². The number of H-pyrrole nitrogens is 1. The third-order valence-electron chi connectivity index (χ3n) is 3.34. The lowest BCUT2D eigenvalue weighted by Gasteiger charge is -2.08. The highest BCUT2D eigenvalue weighted by molar-refractivity contribution is 5.87. The summed E-state index contributed by atoms with van der Waals surface area (Å²) in [6.07, 6.45) is 0.938. The zero-order chi connectivity index (χ0) is 12.6. The predicted octanol–water partition coefficient (Wildman–Crippen LogP) is 3.49. The van der Waals surface area contributed by atoms with E-state index in [1.165, 1.54) is 27.7 Å². The minimum absolute atomic E-state index is 0.204. The standard InChI is InChI=1S/C15H22N2/c1-9(2)12-6-5-7-13-14(8-10(3)16)11(4)17-15(12)13/h5-7,9-10,17H,8,16H2,1-4H3. The van der Waals surface area contributed by atoms with Crippen molar-refractivity contribution in [1.82, 2.24) is 4.98 Å². The molecule has 2 rings (SSSR count). The zero-order valence-electron chi connectivity index (χ0n) is 11.2. The maximum atomic E-state index is 5.93. The number of aromatic amines is 1. The molecule has 0 saturated carbocycles. The first-order valence-corrected chi connectivity index (χ1v) is 6.36. The number of hydrogen-bond acceptors (Lipinski definition) is 1. The van der Waals surface area contributed by atoms with E-state index in [9.17, 15) is 0 Å². The molecule has 0 spiro atoms. The summed E-state index contributed by atoms with van der Waals surface area (Å²) >= 11 is 0. The van der Waals surface area contributed by atoms with Crippen LogP contribution in [-0.2, 0) is 6.42 Å². The van der Waals surface area contributed by atoms with E-state index in [-0.39, 0.29) is 6.04 Å². The molecule has 3 N–H and O–H groups in total. The van der Waals surface area contributed by atoms with Crippen molar-refractivity contribution in [1.29, 1.82) is 0 Å². The quantitative estimate of drug-likeness (QED) is 0.832. The fourth-order valence-corrected chi connectivity index (χ4v) is 2.49. The van der Waals surface area contributed by atoms with E-state index < -0.39 is 0 Å². The summed E-state index contributed by atoms with van der Waals surface area (Å²) in [5.41, 5.74) is 11.2. The number of fused-ring (bicyclic) bond motifs is 1. The molecule has 0 aliphatic carbocycles. The molecule has 0 aliphatic heterocycles. The molecule has 2 nitrogen and oxygen atoms in total. The smallest absolute Gasteiger partial charge is 0.0494 e. The molecule has 0 fully saturated rings. The summed E-state index contributed by atoms with van der Waals surface area (Å²) in [7, 11) is 0. The maximum Gasteiger partial charge on any atom is 0.0494 e. The Bertz CT molecular complexity index is 521. The van der Waals surface area contributed by atoms with E-state index >= 15 is 0 Å². The monoisotopic (exact) mass is 230 g/mol. The lowest BCUT2D eigenvalue weighted by molar-refractivity contribution is 0.738. The lowest BCUT2D eigenvalue weighted by Crippen LogP contribution is -2.18. The highest BCUT2D eigenvalue weighted by Gasteiger charge is 2.13. The molecule has 17 heavy (non-hydrogen) atoms. The second-order valence-electron chi connectivity index (χ2n) is 5.33. The molecule has 1 atom stereocenters.